The zero-order valence-electron chi connectivity index (χ0n) is 13.5. The van der Waals surface area contributed by atoms with Gasteiger partial charge in [0.05, 0.1) is 6.04 Å². The van der Waals surface area contributed by atoms with E-state index < -0.39 is 5.41 Å². The SMILES string of the molecule is Cc1ccc(N2CC(NC(=O)C(C)(C)C)CC2=O)cc1C. The van der Waals surface area contributed by atoms with Crippen LogP contribution in [0.25, 0.3) is 0 Å². The Labute approximate surface area is 126 Å². The summed E-state index contributed by atoms with van der Waals surface area (Å²) < 4.78 is 0. The molecule has 2 amide bonds. The summed E-state index contributed by atoms with van der Waals surface area (Å²) in [5.74, 6) is 0.0553. The van der Waals surface area contributed by atoms with E-state index in [9.17, 15) is 9.59 Å². The van der Waals surface area contributed by atoms with Crippen LogP contribution in [0.5, 0.6) is 0 Å². The standard InChI is InChI=1S/C17H24N2O2/c1-11-6-7-14(8-12(11)2)19-10-13(9-15(19)20)18-16(21)17(3,4)5/h6-8,13H,9-10H2,1-5H3,(H,18,21). The summed E-state index contributed by atoms with van der Waals surface area (Å²) in [6.45, 7) is 10.3. The molecule has 21 heavy (non-hydrogen) atoms. The van der Waals surface area contributed by atoms with Crippen LogP contribution in [0.4, 0.5) is 5.69 Å². The molecule has 1 aliphatic heterocycles. The molecule has 0 bridgehead atoms. The molecule has 1 N–H and O–H groups in total. The number of hydrogen-bond acceptors (Lipinski definition) is 2. The first-order chi connectivity index (χ1) is 9.68. The molecule has 0 aromatic heterocycles. The van der Waals surface area contributed by atoms with Gasteiger partial charge in [0, 0.05) is 24.1 Å². The van der Waals surface area contributed by atoms with Crippen molar-refractivity contribution in [3.8, 4) is 0 Å². The molecular formula is C17H24N2O2. The van der Waals surface area contributed by atoms with E-state index in [1.54, 1.807) is 4.90 Å². The number of carbonyl (C=O) groups excluding carboxylic acids is 2. The van der Waals surface area contributed by atoms with E-state index in [1.807, 2.05) is 45.9 Å². The van der Waals surface area contributed by atoms with Crippen LogP contribution in [0.1, 0.15) is 38.3 Å². The van der Waals surface area contributed by atoms with Crippen LogP contribution in [0.2, 0.25) is 0 Å². The quantitative estimate of drug-likeness (QED) is 0.909. The molecule has 0 spiro atoms. The van der Waals surface area contributed by atoms with E-state index in [0.717, 1.165) is 5.69 Å². The first kappa shape index (κ1) is 15.5. The van der Waals surface area contributed by atoms with Gasteiger partial charge in [0.15, 0.2) is 0 Å². The lowest BCUT2D eigenvalue weighted by molar-refractivity contribution is -0.129. The van der Waals surface area contributed by atoms with Gasteiger partial charge < -0.3 is 10.2 Å². The minimum absolute atomic E-state index is 0.0118. The van der Waals surface area contributed by atoms with Gasteiger partial charge in [-0.25, -0.2) is 0 Å². The fourth-order valence-corrected chi connectivity index (χ4v) is 2.35. The van der Waals surface area contributed by atoms with Gasteiger partial charge in [0.1, 0.15) is 0 Å². The molecule has 1 fully saturated rings. The Kier molecular flexibility index (Phi) is 4.08. The summed E-state index contributed by atoms with van der Waals surface area (Å²) in [6.07, 6.45) is 0.370. The van der Waals surface area contributed by atoms with Crippen LogP contribution in [-0.2, 0) is 9.59 Å². The minimum atomic E-state index is -0.434. The maximum Gasteiger partial charge on any atom is 0.229 e. The van der Waals surface area contributed by atoms with E-state index >= 15 is 0 Å². The normalized spacial score (nSPS) is 19.0. The molecule has 1 unspecified atom stereocenters. The summed E-state index contributed by atoms with van der Waals surface area (Å²) >= 11 is 0. The van der Waals surface area contributed by atoms with Gasteiger partial charge in [-0.15, -0.1) is 0 Å². The zero-order valence-corrected chi connectivity index (χ0v) is 13.5. The highest BCUT2D eigenvalue weighted by molar-refractivity contribution is 5.97. The number of rotatable bonds is 2. The van der Waals surface area contributed by atoms with Crippen molar-refractivity contribution < 1.29 is 9.59 Å². The molecule has 1 aromatic rings. The number of nitrogens with zero attached hydrogens (tertiary/aromatic N) is 1. The Balaban J connectivity index is 2.09. The molecular weight excluding hydrogens is 264 g/mol. The number of anilines is 1. The summed E-state index contributed by atoms with van der Waals surface area (Å²) in [7, 11) is 0. The lowest BCUT2D eigenvalue weighted by atomic mass is 9.95. The minimum Gasteiger partial charge on any atom is -0.351 e. The van der Waals surface area contributed by atoms with Crippen molar-refractivity contribution >= 4 is 17.5 Å². The number of amides is 2. The summed E-state index contributed by atoms with van der Waals surface area (Å²) in [6, 6.07) is 5.92. The third-order valence-corrected chi connectivity index (χ3v) is 3.94. The second-order valence-corrected chi connectivity index (χ2v) is 6.90. The third-order valence-electron chi connectivity index (χ3n) is 3.94. The van der Waals surface area contributed by atoms with Crippen LogP contribution >= 0.6 is 0 Å². The van der Waals surface area contributed by atoms with Crippen LogP contribution in [0, 0.1) is 19.3 Å². The van der Waals surface area contributed by atoms with Crippen molar-refractivity contribution in [1.82, 2.24) is 5.32 Å². The Bertz CT molecular complexity index is 573. The lowest BCUT2D eigenvalue weighted by Crippen LogP contribution is -2.43. The van der Waals surface area contributed by atoms with E-state index in [0.29, 0.717) is 13.0 Å². The fraction of sp³-hybridized carbons (Fsp3) is 0.529. The van der Waals surface area contributed by atoms with E-state index in [1.165, 1.54) is 11.1 Å². The number of nitrogens with one attached hydrogen (secondary N) is 1. The number of carbonyl (C=O) groups is 2. The second-order valence-electron chi connectivity index (χ2n) is 6.90. The number of aryl methyl sites for hydroxylation is 2. The fourth-order valence-electron chi connectivity index (χ4n) is 2.35. The first-order valence-electron chi connectivity index (χ1n) is 7.37. The third kappa shape index (κ3) is 3.43. The molecule has 0 aliphatic carbocycles. The summed E-state index contributed by atoms with van der Waals surface area (Å²) in [4.78, 5) is 26.0. The maximum atomic E-state index is 12.2. The van der Waals surface area contributed by atoms with Gasteiger partial charge in [-0.05, 0) is 37.1 Å². The average molecular weight is 288 g/mol. The largest absolute Gasteiger partial charge is 0.351 e. The molecule has 4 nitrogen and oxygen atoms in total. The van der Waals surface area contributed by atoms with Gasteiger partial charge in [0.25, 0.3) is 0 Å². The maximum absolute atomic E-state index is 12.2. The molecule has 0 radical (unpaired) electrons. The van der Waals surface area contributed by atoms with Crippen molar-refractivity contribution in [2.45, 2.75) is 47.1 Å². The Hall–Kier alpha value is -1.84. The Morgan fingerprint density at radius 3 is 2.48 bits per heavy atom. The molecule has 1 saturated heterocycles. The van der Waals surface area contributed by atoms with Gasteiger partial charge in [0.2, 0.25) is 11.8 Å². The predicted molar refractivity (Wildman–Crippen MR) is 84.3 cm³/mol. The second kappa shape index (κ2) is 5.51. The Morgan fingerprint density at radius 2 is 1.90 bits per heavy atom. The van der Waals surface area contributed by atoms with Crippen LogP contribution in [0.3, 0.4) is 0 Å². The average Bonchev–Trinajstić information content (AvgIpc) is 2.72. The van der Waals surface area contributed by atoms with Crippen molar-refractivity contribution in [2.24, 2.45) is 5.41 Å². The highest BCUT2D eigenvalue weighted by Gasteiger charge is 2.33. The number of benzene rings is 1. The molecule has 114 valence electrons. The Morgan fingerprint density at radius 1 is 1.24 bits per heavy atom. The first-order valence-corrected chi connectivity index (χ1v) is 7.37. The summed E-state index contributed by atoms with van der Waals surface area (Å²) in [5.41, 5.74) is 2.86. The highest BCUT2D eigenvalue weighted by Crippen LogP contribution is 2.24. The number of hydrogen-bond donors (Lipinski definition) is 1. The molecule has 1 aliphatic rings. The molecule has 2 rings (SSSR count). The van der Waals surface area contributed by atoms with E-state index in [2.05, 4.69) is 12.2 Å². The van der Waals surface area contributed by atoms with Crippen LogP contribution in [0.15, 0.2) is 18.2 Å². The summed E-state index contributed by atoms with van der Waals surface area (Å²) in [5, 5.41) is 2.97. The molecule has 1 aromatic carbocycles. The topological polar surface area (TPSA) is 49.4 Å². The van der Waals surface area contributed by atoms with Gasteiger partial charge in [-0.1, -0.05) is 26.8 Å². The van der Waals surface area contributed by atoms with Gasteiger partial charge >= 0.3 is 0 Å². The highest BCUT2D eigenvalue weighted by atomic mass is 16.2. The lowest BCUT2D eigenvalue weighted by Gasteiger charge is -2.22. The van der Waals surface area contributed by atoms with Gasteiger partial charge in [-0.2, -0.15) is 0 Å². The molecule has 0 saturated carbocycles. The van der Waals surface area contributed by atoms with Crippen LogP contribution < -0.4 is 10.2 Å². The van der Waals surface area contributed by atoms with E-state index in [4.69, 9.17) is 0 Å². The van der Waals surface area contributed by atoms with Crippen molar-refractivity contribution in [3.05, 3.63) is 29.3 Å². The van der Waals surface area contributed by atoms with Gasteiger partial charge in [-0.3, -0.25) is 9.59 Å². The zero-order chi connectivity index (χ0) is 15.8. The van der Waals surface area contributed by atoms with E-state index in [-0.39, 0.29) is 17.9 Å². The van der Waals surface area contributed by atoms with Crippen molar-refractivity contribution in [1.29, 1.82) is 0 Å². The molecule has 1 heterocycles. The monoisotopic (exact) mass is 288 g/mol. The molecule has 4 heteroatoms. The predicted octanol–water partition coefficient (Wildman–Crippen LogP) is 2.57. The van der Waals surface area contributed by atoms with Crippen molar-refractivity contribution in [2.75, 3.05) is 11.4 Å². The van der Waals surface area contributed by atoms with Crippen LogP contribution in [-0.4, -0.2) is 24.4 Å². The van der Waals surface area contributed by atoms with Crippen molar-refractivity contribution in [3.63, 3.8) is 0 Å². The molecule has 1 atom stereocenters. The smallest absolute Gasteiger partial charge is 0.229 e.